The van der Waals surface area contributed by atoms with Crippen molar-refractivity contribution in [1.29, 1.82) is 0 Å². The average Bonchev–Trinajstić information content (AvgIpc) is 3.04. The highest BCUT2D eigenvalue weighted by atomic mass is 16.4. The van der Waals surface area contributed by atoms with E-state index in [9.17, 15) is 9.90 Å². The van der Waals surface area contributed by atoms with Crippen molar-refractivity contribution >= 4 is 5.97 Å². The van der Waals surface area contributed by atoms with Crippen molar-refractivity contribution in [3.05, 3.63) is 41.4 Å². The van der Waals surface area contributed by atoms with Gasteiger partial charge in [0.2, 0.25) is 0 Å². The molecule has 0 aliphatic carbocycles. The summed E-state index contributed by atoms with van der Waals surface area (Å²) in [5, 5.41) is 12.4. The molecule has 0 fully saturated rings. The predicted molar refractivity (Wildman–Crippen MR) is 67.0 cm³/mol. The fourth-order valence-corrected chi connectivity index (χ4v) is 2.43. The molecule has 1 aliphatic rings. The molecule has 0 aromatic carbocycles. The molecule has 6 nitrogen and oxygen atoms in total. The van der Waals surface area contributed by atoms with Gasteiger partial charge < -0.3 is 19.4 Å². The predicted octanol–water partition coefficient (Wildman–Crippen LogP) is 1.06. The SMILES string of the molecule is O=C(O)c1nc(CCc2ccco2)n2c1CNCC2. The van der Waals surface area contributed by atoms with Crippen molar-refractivity contribution in [3.8, 4) is 0 Å². The number of carbonyl (C=O) groups is 1. The molecule has 0 saturated carbocycles. The van der Waals surface area contributed by atoms with Gasteiger partial charge in [-0.25, -0.2) is 9.78 Å². The van der Waals surface area contributed by atoms with Crippen LogP contribution in [0.5, 0.6) is 0 Å². The summed E-state index contributed by atoms with van der Waals surface area (Å²) in [4.78, 5) is 15.5. The molecule has 0 saturated heterocycles. The fraction of sp³-hybridized carbons (Fsp3) is 0.385. The fourth-order valence-electron chi connectivity index (χ4n) is 2.43. The van der Waals surface area contributed by atoms with Gasteiger partial charge in [0, 0.05) is 32.5 Å². The number of rotatable bonds is 4. The van der Waals surface area contributed by atoms with E-state index in [-0.39, 0.29) is 5.69 Å². The molecule has 1 aliphatic heterocycles. The normalized spacial score (nSPS) is 14.3. The highest BCUT2D eigenvalue weighted by Gasteiger charge is 2.23. The first-order valence-electron chi connectivity index (χ1n) is 6.30. The van der Waals surface area contributed by atoms with Crippen LogP contribution in [0.15, 0.2) is 22.8 Å². The summed E-state index contributed by atoms with van der Waals surface area (Å²) >= 11 is 0. The van der Waals surface area contributed by atoms with E-state index >= 15 is 0 Å². The van der Waals surface area contributed by atoms with Crippen molar-refractivity contribution in [1.82, 2.24) is 14.9 Å². The molecule has 0 spiro atoms. The third-order valence-corrected chi connectivity index (χ3v) is 3.33. The van der Waals surface area contributed by atoms with Crippen molar-refractivity contribution in [2.24, 2.45) is 0 Å². The molecule has 6 heteroatoms. The van der Waals surface area contributed by atoms with Gasteiger partial charge in [-0.2, -0.15) is 0 Å². The lowest BCUT2D eigenvalue weighted by Crippen LogP contribution is -2.29. The Labute approximate surface area is 110 Å². The summed E-state index contributed by atoms with van der Waals surface area (Å²) in [6, 6.07) is 3.77. The third kappa shape index (κ3) is 2.26. The van der Waals surface area contributed by atoms with Crippen molar-refractivity contribution in [2.45, 2.75) is 25.9 Å². The number of nitrogens with one attached hydrogen (secondary N) is 1. The molecule has 0 bridgehead atoms. The minimum atomic E-state index is -0.961. The van der Waals surface area contributed by atoms with E-state index in [0.29, 0.717) is 13.0 Å². The average molecular weight is 261 g/mol. The lowest BCUT2D eigenvalue weighted by molar-refractivity contribution is 0.0689. The zero-order valence-corrected chi connectivity index (χ0v) is 10.4. The number of carboxylic acids is 1. The first kappa shape index (κ1) is 12.0. The monoisotopic (exact) mass is 261 g/mol. The molecule has 3 heterocycles. The van der Waals surface area contributed by atoms with Gasteiger partial charge in [-0.1, -0.05) is 0 Å². The second-order valence-electron chi connectivity index (χ2n) is 4.54. The van der Waals surface area contributed by atoms with Crippen molar-refractivity contribution < 1.29 is 14.3 Å². The minimum absolute atomic E-state index is 0.168. The zero-order chi connectivity index (χ0) is 13.2. The molecular weight excluding hydrogens is 246 g/mol. The van der Waals surface area contributed by atoms with E-state index in [1.54, 1.807) is 6.26 Å². The molecular formula is C13H15N3O3. The summed E-state index contributed by atoms with van der Waals surface area (Å²) in [6.45, 7) is 2.18. The number of aryl methyl sites for hydroxylation is 2. The highest BCUT2D eigenvalue weighted by Crippen LogP contribution is 2.17. The number of aromatic nitrogens is 2. The summed E-state index contributed by atoms with van der Waals surface area (Å²) in [5.41, 5.74) is 0.940. The molecule has 0 radical (unpaired) electrons. The summed E-state index contributed by atoms with van der Waals surface area (Å²) < 4.78 is 7.30. The molecule has 0 unspecified atom stereocenters. The van der Waals surface area contributed by atoms with Gasteiger partial charge in [0.25, 0.3) is 0 Å². The third-order valence-electron chi connectivity index (χ3n) is 3.33. The Kier molecular flexibility index (Phi) is 3.08. The van der Waals surface area contributed by atoms with Crippen molar-refractivity contribution in [3.63, 3.8) is 0 Å². The van der Waals surface area contributed by atoms with Gasteiger partial charge in [0.1, 0.15) is 11.6 Å². The van der Waals surface area contributed by atoms with E-state index in [1.165, 1.54) is 0 Å². The van der Waals surface area contributed by atoms with Crippen LogP contribution in [0.25, 0.3) is 0 Å². The number of aromatic carboxylic acids is 1. The number of hydrogen-bond acceptors (Lipinski definition) is 4. The van der Waals surface area contributed by atoms with Gasteiger partial charge in [0.15, 0.2) is 5.69 Å². The Morgan fingerprint density at radius 2 is 2.42 bits per heavy atom. The summed E-state index contributed by atoms with van der Waals surface area (Å²) in [7, 11) is 0. The van der Waals surface area contributed by atoms with Crippen LogP contribution in [0, 0.1) is 0 Å². The molecule has 2 aromatic rings. The van der Waals surface area contributed by atoms with Crippen LogP contribution >= 0.6 is 0 Å². The van der Waals surface area contributed by atoms with E-state index in [0.717, 1.165) is 36.8 Å². The lowest BCUT2D eigenvalue weighted by atomic mass is 10.2. The molecule has 0 amide bonds. The maximum absolute atomic E-state index is 11.2. The van der Waals surface area contributed by atoms with Crippen LogP contribution < -0.4 is 5.32 Å². The molecule has 0 atom stereocenters. The highest BCUT2D eigenvalue weighted by molar-refractivity contribution is 5.86. The van der Waals surface area contributed by atoms with E-state index < -0.39 is 5.97 Å². The maximum atomic E-state index is 11.2. The van der Waals surface area contributed by atoms with Gasteiger partial charge >= 0.3 is 5.97 Å². The Morgan fingerprint density at radius 3 is 3.16 bits per heavy atom. The number of hydrogen-bond donors (Lipinski definition) is 2. The standard InChI is InChI=1S/C13H15N3O3/c17-13(18)12-10-8-14-5-6-16(10)11(15-12)4-3-9-2-1-7-19-9/h1-2,7,14H,3-6,8H2,(H,17,18). The minimum Gasteiger partial charge on any atom is -0.476 e. The number of nitrogens with zero attached hydrogens (tertiary/aromatic N) is 2. The molecule has 19 heavy (non-hydrogen) atoms. The van der Waals surface area contributed by atoms with Gasteiger partial charge in [-0.15, -0.1) is 0 Å². The van der Waals surface area contributed by atoms with Gasteiger partial charge in [0.05, 0.1) is 12.0 Å². The zero-order valence-electron chi connectivity index (χ0n) is 10.4. The van der Waals surface area contributed by atoms with E-state index in [4.69, 9.17) is 4.42 Å². The Morgan fingerprint density at radius 1 is 1.53 bits per heavy atom. The quantitative estimate of drug-likeness (QED) is 0.860. The van der Waals surface area contributed by atoms with Crippen LogP contribution in [0.2, 0.25) is 0 Å². The number of furan rings is 1. The first-order valence-corrected chi connectivity index (χ1v) is 6.30. The van der Waals surface area contributed by atoms with Crippen molar-refractivity contribution in [2.75, 3.05) is 6.54 Å². The summed E-state index contributed by atoms with van der Waals surface area (Å²) in [6.07, 6.45) is 3.06. The van der Waals surface area contributed by atoms with Gasteiger partial charge in [-0.05, 0) is 12.1 Å². The molecule has 100 valence electrons. The Hall–Kier alpha value is -2.08. The second-order valence-corrected chi connectivity index (χ2v) is 4.54. The van der Waals surface area contributed by atoms with Gasteiger partial charge in [-0.3, -0.25) is 0 Å². The summed E-state index contributed by atoms with van der Waals surface area (Å²) in [5.74, 6) is 0.755. The van der Waals surface area contributed by atoms with Crippen LogP contribution in [0.1, 0.15) is 27.8 Å². The first-order chi connectivity index (χ1) is 9.25. The number of carboxylic acid groups (broad SMARTS) is 1. The second kappa shape index (κ2) is 4.89. The van der Waals surface area contributed by atoms with Crippen LogP contribution in [0.4, 0.5) is 0 Å². The lowest BCUT2D eigenvalue weighted by Gasteiger charge is -2.18. The van der Waals surface area contributed by atoms with Crippen LogP contribution in [-0.4, -0.2) is 27.2 Å². The maximum Gasteiger partial charge on any atom is 0.356 e. The number of imidazole rings is 1. The molecule has 3 rings (SSSR count). The largest absolute Gasteiger partial charge is 0.476 e. The smallest absolute Gasteiger partial charge is 0.356 e. The topological polar surface area (TPSA) is 80.3 Å². The van der Waals surface area contributed by atoms with E-state index in [2.05, 4.69) is 10.3 Å². The van der Waals surface area contributed by atoms with Crippen LogP contribution in [-0.2, 0) is 25.9 Å². The Balaban J connectivity index is 1.86. The van der Waals surface area contributed by atoms with Crippen LogP contribution in [0.3, 0.4) is 0 Å². The van der Waals surface area contributed by atoms with E-state index in [1.807, 2.05) is 16.7 Å². The Bertz CT molecular complexity index is 587. The number of fused-ring (bicyclic) bond motifs is 1. The molecule has 2 N–H and O–H groups in total. The molecule has 2 aromatic heterocycles.